The molecule has 0 radical (unpaired) electrons. The van der Waals surface area contributed by atoms with Gasteiger partial charge in [-0.15, -0.1) is 0 Å². The van der Waals surface area contributed by atoms with Gasteiger partial charge in [-0.3, -0.25) is 19.9 Å². The summed E-state index contributed by atoms with van der Waals surface area (Å²) in [5.41, 5.74) is 4.99. The van der Waals surface area contributed by atoms with E-state index in [9.17, 15) is 28.1 Å². The summed E-state index contributed by atoms with van der Waals surface area (Å²) in [5.74, 6) is -0.790. The van der Waals surface area contributed by atoms with Gasteiger partial charge in [0.15, 0.2) is 5.69 Å². The number of pyridine rings is 1. The molecule has 0 bridgehead atoms. The van der Waals surface area contributed by atoms with Gasteiger partial charge in [0.2, 0.25) is 0 Å². The van der Waals surface area contributed by atoms with Crippen LogP contribution in [0, 0.1) is 10.1 Å². The number of nitrogens with two attached hydrogens (primary N) is 1. The lowest BCUT2D eigenvalue weighted by molar-refractivity contribution is -0.384. The van der Waals surface area contributed by atoms with Crippen LogP contribution in [0.4, 0.5) is 18.9 Å². The minimum absolute atomic E-state index is 0.0369. The largest absolute Gasteiger partial charge is 0.433 e. The van der Waals surface area contributed by atoms with Gasteiger partial charge in [0, 0.05) is 35.0 Å². The van der Waals surface area contributed by atoms with Crippen LogP contribution in [0.1, 0.15) is 16.2 Å². The summed E-state index contributed by atoms with van der Waals surface area (Å²) in [6.45, 7) is 0. The smallest absolute Gasteiger partial charge is 0.364 e. The molecule has 0 atom stereocenters. The first-order valence-corrected chi connectivity index (χ1v) is 8.89. The Morgan fingerprint density at radius 2 is 1.84 bits per heavy atom. The summed E-state index contributed by atoms with van der Waals surface area (Å²) < 4.78 is 41.6. The van der Waals surface area contributed by atoms with E-state index in [0.717, 1.165) is 6.20 Å². The zero-order chi connectivity index (χ0) is 22.3. The molecule has 31 heavy (non-hydrogen) atoms. The molecule has 2 aromatic heterocycles. The van der Waals surface area contributed by atoms with E-state index in [1.807, 2.05) is 0 Å². The molecule has 0 saturated carbocycles. The monoisotopic (exact) mass is 426 g/mol. The number of carbonyl (C=O) groups excluding carboxylic acids is 1. The normalized spacial score (nSPS) is 11.6. The summed E-state index contributed by atoms with van der Waals surface area (Å²) in [7, 11) is 0. The Labute approximate surface area is 172 Å². The first kappa shape index (κ1) is 20.1. The Bertz CT molecular complexity index is 1350. The highest BCUT2D eigenvalue weighted by atomic mass is 19.4. The van der Waals surface area contributed by atoms with Gasteiger partial charge in [0.25, 0.3) is 11.6 Å². The van der Waals surface area contributed by atoms with Crippen molar-refractivity contribution in [3.63, 3.8) is 0 Å². The molecule has 156 valence electrons. The Morgan fingerprint density at radius 1 is 1.06 bits per heavy atom. The van der Waals surface area contributed by atoms with Crippen molar-refractivity contribution >= 4 is 22.5 Å². The molecule has 2 heterocycles. The molecular weight excluding hydrogens is 413 g/mol. The molecule has 2 N–H and O–H groups in total. The van der Waals surface area contributed by atoms with E-state index in [0.29, 0.717) is 16.6 Å². The Balaban J connectivity index is 1.97. The van der Waals surface area contributed by atoms with Gasteiger partial charge < -0.3 is 10.3 Å². The summed E-state index contributed by atoms with van der Waals surface area (Å²) in [6, 6.07) is 14.2. The molecule has 0 unspecified atom stereocenters. The summed E-state index contributed by atoms with van der Waals surface area (Å²) in [6.07, 6.45) is -3.61. The molecule has 0 spiro atoms. The molecule has 4 aromatic rings. The Morgan fingerprint density at radius 3 is 2.52 bits per heavy atom. The van der Waals surface area contributed by atoms with Crippen LogP contribution in [0.25, 0.3) is 27.7 Å². The predicted octanol–water partition coefficient (Wildman–Crippen LogP) is 4.72. The number of hydrogen-bond donors (Lipinski definition) is 1. The molecule has 0 aliphatic heterocycles. The average Bonchev–Trinajstić information content (AvgIpc) is 3.12. The second-order valence-corrected chi connectivity index (χ2v) is 6.68. The van der Waals surface area contributed by atoms with E-state index in [-0.39, 0.29) is 22.5 Å². The second kappa shape index (κ2) is 7.24. The number of hydrogen-bond acceptors (Lipinski definition) is 4. The van der Waals surface area contributed by atoms with Crippen molar-refractivity contribution in [3.8, 4) is 16.8 Å². The highest BCUT2D eigenvalue weighted by molar-refractivity contribution is 5.99. The Kier molecular flexibility index (Phi) is 4.69. The maximum absolute atomic E-state index is 13.4. The van der Waals surface area contributed by atoms with Crippen LogP contribution in [0.3, 0.4) is 0 Å². The second-order valence-electron chi connectivity index (χ2n) is 6.68. The lowest BCUT2D eigenvalue weighted by Crippen LogP contribution is -2.16. The summed E-state index contributed by atoms with van der Waals surface area (Å²) >= 11 is 0. The number of fused-ring (bicyclic) bond motifs is 1. The van der Waals surface area contributed by atoms with Crippen LogP contribution in [0.2, 0.25) is 0 Å². The highest BCUT2D eigenvalue weighted by Crippen LogP contribution is 2.36. The van der Waals surface area contributed by atoms with E-state index in [4.69, 9.17) is 5.73 Å². The molecule has 0 fully saturated rings. The van der Waals surface area contributed by atoms with Crippen molar-refractivity contribution in [1.82, 2.24) is 9.55 Å². The van der Waals surface area contributed by atoms with Crippen molar-refractivity contribution < 1.29 is 22.9 Å². The van der Waals surface area contributed by atoms with Crippen LogP contribution in [-0.2, 0) is 6.18 Å². The minimum atomic E-state index is -4.66. The number of halogens is 3. The number of carbonyl (C=O) groups is 1. The molecule has 2 aromatic carbocycles. The first-order chi connectivity index (χ1) is 14.7. The quantitative estimate of drug-likeness (QED) is 0.377. The zero-order valence-electron chi connectivity index (χ0n) is 15.6. The third kappa shape index (κ3) is 3.59. The van der Waals surface area contributed by atoms with Gasteiger partial charge >= 0.3 is 6.18 Å². The van der Waals surface area contributed by atoms with Gasteiger partial charge in [-0.25, -0.2) is 0 Å². The van der Waals surface area contributed by atoms with Crippen LogP contribution >= 0.6 is 0 Å². The molecule has 0 aliphatic carbocycles. The van der Waals surface area contributed by atoms with Gasteiger partial charge in [0.05, 0.1) is 10.4 Å². The molecule has 1 amide bonds. The number of benzene rings is 2. The number of primary amides is 1. The van der Waals surface area contributed by atoms with E-state index in [1.54, 1.807) is 6.07 Å². The van der Waals surface area contributed by atoms with E-state index in [1.165, 1.54) is 59.2 Å². The van der Waals surface area contributed by atoms with E-state index in [2.05, 4.69) is 4.98 Å². The summed E-state index contributed by atoms with van der Waals surface area (Å²) in [5, 5.41) is 11.7. The fourth-order valence-electron chi connectivity index (χ4n) is 3.44. The predicted molar refractivity (Wildman–Crippen MR) is 107 cm³/mol. The van der Waals surface area contributed by atoms with Gasteiger partial charge in [-0.1, -0.05) is 18.2 Å². The highest BCUT2D eigenvalue weighted by Gasteiger charge is 2.35. The molecule has 0 aliphatic rings. The topological polar surface area (TPSA) is 104 Å². The lowest BCUT2D eigenvalue weighted by Gasteiger charge is -2.14. The molecule has 10 heteroatoms. The van der Waals surface area contributed by atoms with Crippen LogP contribution < -0.4 is 5.73 Å². The SMILES string of the molecule is NC(=O)c1cc2ccc([N+](=O)[O-])cc2n1-c1cccc(-c2cccnc2C(F)(F)F)c1. The molecule has 7 nitrogen and oxygen atoms in total. The number of alkyl halides is 3. The van der Waals surface area contributed by atoms with Gasteiger partial charge in [-0.2, -0.15) is 13.2 Å². The maximum atomic E-state index is 13.4. The number of nitro benzene ring substituents is 1. The van der Waals surface area contributed by atoms with Crippen LogP contribution in [0.15, 0.2) is 66.9 Å². The number of aromatic nitrogens is 2. The Hall–Kier alpha value is -4.21. The van der Waals surface area contributed by atoms with Crippen molar-refractivity contribution in [1.29, 1.82) is 0 Å². The van der Waals surface area contributed by atoms with Crippen molar-refractivity contribution in [2.24, 2.45) is 5.73 Å². The van der Waals surface area contributed by atoms with Gasteiger partial charge in [-0.05, 0) is 35.9 Å². The van der Waals surface area contributed by atoms with Gasteiger partial charge in [0.1, 0.15) is 5.69 Å². The summed E-state index contributed by atoms with van der Waals surface area (Å²) in [4.78, 5) is 26.1. The van der Waals surface area contributed by atoms with Crippen molar-refractivity contribution in [2.75, 3.05) is 0 Å². The maximum Gasteiger partial charge on any atom is 0.433 e. The van der Waals surface area contributed by atoms with Crippen LogP contribution in [0.5, 0.6) is 0 Å². The third-order valence-corrected chi connectivity index (χ3v) is 4.74. The fourth-order valence-corrected chi connectivity index (χ4v) is 3.44. The number of amides is 1. The number of rotatable bonds is 4. The fraction of sp³-hybridized carbons (Fsp3) is 0.0476. The van der Waals surface area contributed by atoms with Crippen molar-refractivity contribution in [2.45, 2.75) is 6.18 Å². The van der Waals surface area contributed by atoms with E-state index >= 15 is 0 Å². The van der Waals surface area contributed by atoms with E-state index < -0.39 is 22.7 Å². The molecule has 0 saturated heterocycles. The average molecular weight is 426 g/mol. The number of nitro groups is 1. The zero-order valence-corrected chi connectivity index (χ0v) is 15.6. The first-order valence-electron chi connectivity index (χ1n) is 8.89. The van der Waals surface area contributed by atoms with Crippen molar-refractivity contribution in [3.05, 3.63) is 88.4 Å². The molecular formula is C21H13F3N4O3. The van der Waals surface area contributed by atoms with Crippen LogP contribution in [-0.4, -0.2) is 20.4 Å². The third-order valence-electron chi connectivity index (χ3n) is 4.74. The minimum Gasteiger partial charge on any atom is -0.364 e. The molecule has 4 rings (SSSR count). The number of non-ortho nitro benzene ring substituents is 1. The lowest BCUT2D eigenvalue weighted by atomic mass is 10.0. The standard InChI is InChI=1S/C21H13F3N4O3/c22-21(23,24)19-16(5-2-8-26-19)12-3-1-4-14(9-12)27-17-11-15(28(30)31)7-6-13(17)10-18(27)20(25)29/h1-11H,(H2,25,29). The number of nitrogens with zero attached hydrogens (tertiary/aromatic N) is 3.